The van der Waals surface area contributed by atoms with E-state index in [-0.39, 0.29) is 23.2 Å². The molecule has 0 atom stereocenters. The molecule has 0 amide bonds. The van der Waals surface area contributed by atoms with Crippen molar-refractivity contribution in [2.45, 2.75) is 84.4 Å². The minimum atomic E-state index is -4.94. The molecule has 1 fully saturated rings. The quantitative estimate of drug-likeness (QED) is 0.308. The fourth-order valence-electron chi connectivity index (χ4n) is 7.24. The van der Waals surface area contributed by atoms with Gasteiger partial charge in [-0.1, -0.05) is 24.3 Å². The predicted octanol–water partition coefficient (Wildman–Crippen LogP) is 0.886. The first-order valence-electron chi connectivity index (χ1n) is 15.8. The Bertz CT molecular complexity index is 1960. The zero-order valence-electron chi connectivity index (χ0n) is 27.4. The smallest absolute Gasteiger partial charge is 0.339 e. The summed E-state index contributed by atoms with van der Waals surface area (Å²) in [5.74, 6) is 1.29. The summed E-state index contributed by atoms with van der Waals surface area (Å²) in [7, 11) is -4.94. The molecular weight excluding hydrogens is 620 g/mol. The average Bonchev–Trinajstić information content (AvgIpc) is 3.45. The van der Waals surface area contributed by atoms with E-state index in [2.05, 4.69) is 88.3 Å². The van der Waals surface area contributed by atoms with Crippen molar-refractivity contribution in [1.29, 1.82) is 0 Å². The number of fused-ring (bicyclic) bond motifs is 4. The fraction of sp³-hybridized carbons (Fsp3) is 0.351. The van der Waals surface area contributed by atoms with E-state index in [1.807, 2.05) is 24.3 Å². The molecule has 3 aliphatic heterocycles. The molecule has 0 saturated heterocycles. The molecule has 1 aliphatic carbocycles. The summed E-state index contributed by atoms with van der Waals surface area (Å²) in [4.78, 5) is 17.4. The second kappa shape index (κ2) is 11.9. The molecule has 246 valence electrons. The monoisotopic (exact) mass is 658 g/mol. The van der Waals surface area contributed by atoms with Crippen LogP contribution in [-0.4, -0.2) is 23.2 Å². The van der Waals surface area contributed by atoms with Crippen LogP contribution < -0.4 is 44.3 Å². The lowest BCUT2D eigenvalue weighted by molar-refractivity contribution is -2.00. The van der Waals surface area contributed by atoms with Gasteiger partial charge in [0.1, 0.15) is 17.6 Å². The molecule has 10 heteroatoms. The summed E-state index contributed by atoms with van der Waals surface area (Å²) in [6.45, 7) is 13.0. The van der Waals surface area contributed by atoms with Gasteiger partial charge in [0.2, 0.25) is 5.36 Å². The Kier molecular flexibility index (Phi) is 8.35. The summed E-state index contributed by atoms with van der Waals surface area (Å²) < 4.78 is 46.7. The first-order chi connectivity index (χ1) is 22.0. The molecule has 4 aliphatic rings. The SMILES string of the molecule is CC1=CC(C)(C)Nc2cc3c(cc21)C(c1ccccc1C(=O)OC1CCCC1)=c1cc2c(cc1O3)=[NH+]C(C)(C)C=C2C.[O-][Cl+3]([O-])([O-])[O-]. The number of carbonyl (C=O) groups is 1. The van der Waals surface area contributed by atoms with Crippen molar-refractivity contribution in [2.24, 2.45) is 0 Å². The topological polar surface area (TPSA) is 154 Å². The maximum Gasteiger partial charge on any atom is 0.339 e. The fourth-order valence-corrected chi connectivity index (χ4v) is 7.24. The zero-order valence-corrected chi connectivity index (χ0v) is 28.2. The normalized spacial score (nSPS) is 18.7. The van der Waals surface area contributed by atoms with Gasteiger partial charge in [-0.15, -0.1) is 10.2 Å². The van der Waals surface area contributed by atoms with Crippen LogP contribution in [0.1, 0.15) is 99.8 Å². The highest BCUT2D eigenvalue weighted by Gasteiger charge is 2.32. The zero-order chi connectivity index (χ0) is 33.9. The van der Waals surface area contributed by atoms with E-state index < -0.39 is 10.2 Å². The Balaban J connectivity index is 0.000000720. The number of halogens is 1. The van der Waals surface area contributed by atoms with Crippen LogP contribution in [0.2, 0.25) is 0 Å². The largest absolute Gasteiger partial charge is 0.459 e. The number of nitrogens with one attached hydrogen (secondary N) is 2. The molecule has 0 radical (unpaired) electrons. The van der Waals surface area contributed by atoms with Gasteiger partial charge in [0.05, 0.1) is 17.2 Å². The summed E-state index contributed by atoms with van der Waals surface area (Å²) in [6, 6.07) is 16.6. The Morgan fingerprint density at radius 3 is 2.23 bits per heavy atom. The summed E-state index contributed by atoms with van der Waals surface area (Å²) >= 11 is 0. The molecule has 0 unspecified atom stereocenters. The molecule has 9 nitrogen and oxygen atoms in total. The lowest BCUT2D eigenvalue weighted by Crippen LogP contribution is -2.89. The van der Waals surface area contributed by atoms with E-state index in [1.54, 1.807) is 0 Å². The van der Waals surface area contributed by atoms with Crippen LogP contribution in [0.3, 0.4) is 0 Å². The van der Waals surface area contributed by atoms with Crippen molar-refractivity contribution in [3.8, 4) is 11.5 Å². The maximum atomic E-state index is 13.7. The molecule has 2 N–H and O–H groups in total. The summed E-state index contributed by atoms with van der Waals surface area (Å²) in [5, 5.41) is 5.69. The Morgan fingerprint density at radius 1 is 0.872 bits per heavy atom. The van der Waals surface area contributed by atoms with Crippen LogP contribution in [0.4, 0.5) is 5.69 Å². The van der Waals surface area contributed by atoms with Gasteiger partial charge < -0.3 is 14.8 Å². The second-order valence-electron chi connectivity index (χ2n) is 13.8. The number of carbonyl (C=O) groups excluding carboxylic acids is 1. The van der Waals surface area contributed by atoms with E-state index in [0.717, 1.165) is 81.3 Å². The van der Waals surface area contributed by atoms with Crippen LogP contribution in [0.25, 0.3) is 16.7 Å². The number of rotatable bonds is 3. The lowest BCUT2D eigenvalue weighted by atomic mass is 9.84. The van der Waals surface area contributed by atoms with E-state index in [1.165, 1.54) is 11.1 Å². The van der Waals surface area contributed by atoms with Crippen LogP contribution in [0, 0.1) is 10.2 Å². The van der Waals surface area contributed by atoms with Crippen molar-refractivity contribution in [3.63, 3.8) is 0 Å². The first-order valence-corrected chi connectivity index (χ1v) is 17.0. The van der Waals surface area contributed by atoms with Crippen molar-refractivity contribution in [3.05, 3.63) is 99.1 Å². The molecule has 3 aromatic carbocycles. The van der Waals surface area contributed by atoms with Crippen molar-refractivity contribution >= 4 is 28.4 Å². The number of anilines is 1. The van der Waals surface area contributed by atoms with Crippen molar-refractivity contribution in [1.82, 2.24) is 0 Å². The van der Waals surface area contributed by atoms with Gasteiger partial charge in [0, 0.05) is 53.1 Å². The van der Waals surface area contributed by atoms with Gasteiger partial charge in [-0.05, 0) is 94.4 Å². The number of allylic oxidation sites excluding steroid dienone is 2. The second-order valence-corrected chi connectivity index (χ2v) is 14.6. The van der Waals surface area contributed by atoms with E-state index in [9.17, 15) is 4.79 Å². The first kappa shape index (κ1) is 32.9. The molecule has 0 bridgehead atoms. The summed E-state index contributed by atoms with van der Waals surface area (Å²) in [6.07, 6.45) is 8.63. The number of esters is 1. The molecule has 0 spiro atoms. The molecular formula is C37H39ClN2O7. The van der Waals surface area contributed by atoms with Crippen molar-refractivity contribution in [2.75, 3.05) is 5.32 Å². The van der Waals surface area contributed by atoms with E-state index >= 15 is 0 Å². The highest BCUT2D eigenvalue weighted by atomic mass is 35.7. The third kappa shape index (κ3) is 7.00. The lowest BCUT2D eigenvalue weighted by Gasteiger charge is -2.33. The molecule has 3 aromatic rings. The Morgan fingerprint density at radius 2 is 1.53 bits per heavy atom. The molecule has 7 rings (SSSR count). The van der Waals surface area contributed by atoms with Crippen LogP contribution >= 0.6 is 0 Å². The third-order valence-electron chi connectivity index (χ3n) is 8.91. The van der Waals surface area contributed by atoms with Gasteiger partial charge in [0.15, 0.2) is 5.54 Å². The number of ether oxygens (including phenoxy) is 2. The van der Waals surface area contributed by atoms with Gasteiger partial charge in [-0.2, -0.15) is 0 Å². The third-order valence-corrected chi connectivity index (χ3v) is 8.91. The van der Waals surface area contributed by atoms with Crippen LogP contribution in [0.15, 0.2) is 60.7 Å². The maximum absolute atomic E-state index is 13.7. The standard InChI is InChI=1S/C37H38N2O3.ClHO4/c1-21-19-36(3,4)38-30-17-32-28(15-26(21)30)34(24-13-9-10-14-25(24)35(40)41-23-11-7-8-12-23)29-16-27-22(2)20-37(5,6)39-31(27)18-33(29)42-32;2-1(3,4)5/h9-10,13-20,23,38H,7-8,11-12H2,1-6H3;(H,2,3,4,5). The molecule has 3 heterocycles. The van der Waals surface area contributed by atoms with Crippen LogP contribution in [0.5, 0.6) is 11.5 Å². The highest BCUT2D eigenvalue weighted by Crippen LogP contribution is 2.44. The summed E-state index contributed by atoms with van der Waals surface area (Å²) in [5.41, 5.74) is 8.84. The minimum absolute atomic E-state index is 0.00622. The van der Waals surface area contributed by atoms with Crippen LogP contribution in [-0.2, 0) is 4.74 Å². The highest BCUT2D eigenvalue weighted by molar-refractivity contribution is 6.00. The average molecular weight is 659 g/mol. The molecule has 47 heavy (non-hydrogen) atoms. The Hall–Kier alpha value is -3.99. The number of hydrogen-bond donors (Lipinski definition) is 2. The van der Waals surface area contributed by atoms with Gasteiger partial charge in [0.25, 0.3) is 0 Å². The minimum Gasteiger partial charge on any atom is -0.459 e. The van der Waals surface area contributed by atoms with E-state index in [4.69, 9.17) is 28.1 Å². The van der Waals surface area contributed by atoms with Gasteiger partial charge >= 0.3 is 5.97 Å². The Labute approximate surface area is 276 Å². The predicted molar refractivity (Wildman–Crippen MR) is 167 cm³/mol. The van der Waals surface area contributed by atoms with E-state index in [0.29, 0.717) is 5.56 Å². The number of hydrogen-bond acceptors (Lipinski definition) is 8. The molecule has 1 saturated carbocycles. The van der Waals surface area contributed by atoms with Crippen molar-refractivity contribution < 1.29 is 48.1 Å². The van der Waals surface area contributed by atoms with Gasteiger partial charge in [-0.3, -0.25) is 0 Å². The van der Waals surface area contributed by atoms with Gasteiger partial charge in [-0.25, -0.2) is 28.4 Å². The molecule has 0 aromatic heterocycles. The number of benzene rings is 3.